The van der Waals surface area contributed by atoms with Crippen molar-refractivity contribution in [1.82, 2.24) is 0 Å². The molecule has 0 aliphatic carbocycles. The lowest BCUT2D eigenvalue weighted by Gasteiger charge is -2.14. The molecule has 1 atom stereocenters. The van der Waals surface area contributed by atoms with Gasteiger partial charge in [0.05, 0.1) is 0 Å². The zero-order valence-corrected chi connectivity index (χ0v) is 12.9. The molecule has 0 heterocycles. The molecule has 2 aromatic rings. The first-order valence-electron chi connectivity index (χ1n) is 5.61. The molecule has 1 unspecified atom stereocenters. The summed E-state index contributed by atoms with van der Waals surface area (Å²) in [6, 6.07) is 9.52. The van der Waals surface area contributed by atoms with Crippen molar-refractivity contribution in [3.63, 3.8) is 0 Å². The molecule has 0 bridgehead atoms. The molecule has 0 radical (unpaired) electrons. The lowest BCUT2D eigenvalue weighted by Crippen LogP contribution is -2.14. The summed E-state index contributed by atoms with van der Waals surface area (Å²) in [7, 11) is 0. The van der Waals surface area contributed by atoms with Gasteiger partial charge in [-0.1, -0.05) is 39.1 Å². The maximum atomic E-state index is 13.3. The molecule has 2 aromatic carbocycles. The van der Waals surface area contributed by atoms with E-state index < -0.39 is 0 Å². The highest BCUT2D eigenvalue weighted by Crippen LogP contribution is 2.28. The molecule has 0 aromatic heterocycles. The first-order chi connectivity index (χ1) is 8.95. The van der Waals surface area contributed by atoms with Gasteiger partial charge in [0.2, 0.25) is 0 Å². The van der Waals surface area contributed by atoms with E-state index in [1.165, 1.54) is 12.1 Å². The first-order valence-corrected chi connectivity index (χ1v) is 7.16. The quantitative estimate of drug-likeness (QED) is 0.803. The average Bonchev–Trinajstić information content (AvgIpc) is 2.30. The molecule has 0 spiro atoms. The van der Waals surface area contributed by atoms with Gasteiger partial charge in [-0.15, -0.1) is 0 Å². The molecule has 0 aliphatic rings. The van der Waals surface area contributed by atoms with Crippen molar-refractivity contribution in [2.24, 2.45) is 5.73 Å². The number of hydrogen-bond donors (Lipinski definition) is 1. The van der Waals surface area contributed by atoms with E-state index in [9.17, 15) is 4.39 Å². The van der Waals surface area contributed by atoms with Crippen LogP contribution in [-0.4, -0.2) is 0 Å². The van der Waals surface area contributed by atoms with Crippen LogP contribution in [0.2, 0.25) is 10.0 Å². The Morgan fingerprint density at radius 1 is 1.16 bits per heavy atom. The molecule has 0 aliphatic heterocycles. The fourth-order valence-electron chi connectivity index (χ4n) is 1.89. The Hall–Kier alpha value is -0.610. The van der Waals surface area contributed by atoms with Crippen molar-refractivity contribution in [3.8, 4) is 0 Å². The van der Waals surface area contributed by atoms with Gasteiger partial charge >= 0.3 is 0 Å². The van der Waals surface area contributed by atoms with E-state index >= 15 is 0 Å². The second-order valence-electron chi connectivity index (χ2n) is 4.25. The minimum atomic E-state index is -0.333. The fraction of sp³-hybridized carbons (Fsp3) is 0.143. The largest absolute Gasteiger partial charge is 0.324 e. The van der Waals surface area contributed by atoms with Crippen LogP contribution in [0.1, 0.15) is 17.2 Å². The maximum Gasteiger partial charge on any atom is 0.124 e. The molecule has 2 rings (SSSR count). The SMILES string of the molecule is NC(Cc1cc(F)cc(Br)c1)c1cc(Cl)ccc1Cl. The second-order valence-corrected chi connectivity index (χ2v) is 6.01. The minimum absolute atomic E-state index is 0.297. The smallest absolute Gasteiger partial charge is 0.124 e. The van der Waals surface area contributed by atoms with E-state index in [4.69, 9.17) is 28.9 Å². The predicted molar refractivity (Wildman–Crippen MR) is 81.2 cm³/mol. The van der Waals surface area contributed by atoms with Gasteiger partial charge in [-0.3, -0.25) is 0 Å². The molecule has 0 saturated carbocycles. The Labute approximate surface area is 129 Å². The topological polar surface area (TPSA) is 26.0 Å². The second kappa shape index (κ2) is 6.23. The van der Waals surface area contributed by atoms with Gasteiger partial charge in [0.15, 0.2) is 0 Å². The van der Waals surface area contributed by atoms with Crippen molar-refractivity contribution in [3.05, 3.63) is 67.9 Å². The van der Waals surface area contributed by atoms with Gasteiger partial charge in [0.25, 0.3) is 0 Å². The molecule has 5 heteroatoms. The van der Waals surface area contributed by atoms with Gasteiger partial charge in [-0.25, -0.2) is 4.39 Å². The Balaban J connectivity index is 2.25. The highest BCUT2D eigenvalue weighted by molar-refractivity contribution is 9.10. The molecular weight excluding hydrogens is 352 g/mol. The third-order valence-corrected chi connectivity index (χ3v) is 3.77. The van der Waals surface area contributed by atoms with Crippen LogP contribution in [0.4, 0.5) is 4.39 Å². The number of rotatable bonds is 3. The lowest BCUT2D eigenvalue weighted by atomic mass is 9.99. The lowest BCUT2D eigenvalue weighted by molar-refractivity contribution is 0.621. The minimum Gasteiger partial charge on any atom is -0.324 e. The highest BCUT2D eigenvalue weighted by atomic mass is 79.9. The van der Waals surface area contributed by atoms with Crippen LogP contribution >= 0.6 is 39.1 Å². The summed E-state index contributed by atoms with van der Waals surface area (Å²) in [5.74, 6) is -0.297. The van der Waals surface area contributed by atoms with Crippen molar-refractivity contribution in [1.29, 1.82) is 0 Å². The van der Waals surface area contributed by atoms with Gasteiger partial charge in [0.1, 0.15) is 5.82 Å². The summed E-state index contributed by atoms with van der Waals surface area (Å²) in [4.78, 5) is 0. The molecule has 2 N–H and O–H groups in total. The van der Waals surface area contributed by atoms with Gasteiger partial charge in [-0.05, 0) is 53.9 Å². The first kappa shape index (κ1) is 14.8. The molecule has 0 saturated heterocycles. The standard InChI is InChI=1S/C14H11BrCl2FN/c15-9-3-8(4-11(18)6-9)5-14(19)12-7-10(16)1-2-13(12)17/h1-4,6-7,14H,5,19H2. The molecular formula is C14H11BrCl2FN. The van der Waals surface area contributed by atoms with Crippen LogP contribution in [0, 0.1) is 5.82 Å². The van der Waals surface area contributed by atoms with Crippen LogP contribution in [0.15, 0.2) is 40.9 Å². The summed E-state index contributed by atoms with van der Waals surface area (Å²) >= 11 is 15.3. The molecule has 0 amide bonds. The maximum absolute atomic E-state index is 13.3. The third kappa shape index (κ3) is 3.93. The van der Waals surface area contributed by atoms with E-state index in [2.05, 4.69) is 15.9 Å². The van der Waals surface area contributed by atoms with Crippen LogP contribution in [0.3, 0.4) is 0 Å². The Bertz CT molecular complexity index is 584. The van der Waals surface area contributed by atoms with Crippen molar-refractivity contribution in [2.75, 3.05) is 0 Å². The van der Waals surface area contributed by atoms with E-state index in [1.54, 1.807) is 18.2 Å². The van der Waals surface area contributed by atoms with Crippen LogP contribution in [0.5, 0.6) is 0 Å². The monoisotopic (exact) mass is 361 g/mol. The summed E-state index contributed by atoms with van der Waals surface area (Å²) in [5.41, 5.74) is 7.68. The van der Waals surface area contributed by atoms with Gasteiger partial charge < -0.3 is 5.73 Å². The number of nitrogens with two attached hydrogens (primary N) is 1. The molecule has 0 fully saturated rings. The Morgan fingerprint density at radius 3 is 2.58 bits per heavy atom. The summed E-state index contributed by atoms with van der Waals surface area (Å²) < 4.78 is 14.0. The number of hydrogen-bond acceptors (Lipinski definition) is 1. The third-order valence-electron chi connectivity index (χ3n) is 2.74. The molecule has 1 nitrogen and oxygen atoms in total. The number of halogens is 4. The van der Waals surface area contributed by atoms with E-state index in [0.717, 1.165) is 11.1 Å². The zero-order valence-electron chi connectivity index (χ0n) is 9.84. The molecule has 19 heavy (non-hydrogen) atoms. The zero-order chi connectivity index (χ0) is 14.0. The number of benzene rings is 2. The van der Waals surface area contributed by atoms with Gasteiger partial charge in [0, 0.05) is 20.6 Å². The van der Waals surface area contributed by atoms with E-state index in [0.29, 0.717) is 20.9 Å². The Morgan fingerprint density at radius 2 is 1.89 bits per heavy atom. The van der Waals surface area contributed by atoms with Crippen molar-refractivity contribution < 1.29 is 4.39 Å². The summed E-state index contributed by atoms with van der Waals surface area (Å²) in [6.07, 6.45) is 0.483. The van der Waals surface area contributed by atoms with Crippen LogP contribution in [0.25, 0.3) is 0 Å². The van der Waals surface area contributed by atoms with Crippen LogP contribution < -0.4 is 5.73 Å². The van der Waals surface area contributed by atoms with Crippen molar-refractivity contribution >= 4 is 39.1 Å². The average molecular weight is 363 g/mol. The highest BCUT2D eigenvalue weighted by Gasteiger charge is 2.12. The normalized spacial score (nSPS) is 12.5. The fourth-order valence-corrected chi connectivity index (χ4v) is 2.84. The molecule has 100 valence electrons. The van der Waals surface area contributed by atoms with Crippen LogP contribution in [-0.2, 0) is 6.42 Å². The summed E-state index contributed by atoms with van der Waals surface area (Å²) in [6.45, 7) is 0. The van der Waals surface area contributed by atoms with E-state index in [1.807, 2.05) is 6.07 Å². The summed E-state index contributed by atoms with van der Waals surface area (Å²) in [5, 5.41) is 1.14. The predicted octanol–water partition coefficient (Wildman–Crippen LogP) is 5.14. The van der Waals surface area contributed by atoms with Crippen molar-refractivity contribution in [2.45, 2.75) is 12.5 Å². The Kier molecular flexibility index (Phi) is 4.85. The van der Waals surface area contributed by atoms with E-state index in [-0.39, 0.29) is 11.9 Å². The van der Waals surface area contributed by atoms with Gasteiger partial charge in [-0.2, -0.15) is 0 Å².